The Labute approximate surface area is 122 Å². The maximum absolute atomic E-state index is 13.0. The molecular formula is C15H17FN2OS. The van der Waals surface area contributed by atoms with Gasteiger partial charge in [-0.25, -0.2) is 0 Å². The van der Waals surface area contributed by atoms with Gasteiger partial charge in [0.25, 0.3) is 0 Å². The van der Waals surface area contributed by atoms with Crippen molar-refractivity contribution in [3.05, 3.63) is 46.0 Å². The molecule has 1 aliphatic heterocycles. The molecule has 0 N–H and O–H groups in total. The first-order valence-electron chi connectivity index (χ1n) is 6.75. The number of hydrogen-bond donors (Lipinski definition) is 0. The molecule has 20 heavy (non-hydrogen) atoms. The van der Waals surface area contributed by atoms with Gasteiger partial charge in [-0.2, -0.15) is 9.37 Å². The number of nitrogens with zero attached hydrogens (tertiary/aromatic N) is 2. The van der Waals surface area contributed by atoms with Crippen molar-refractivity contribution in [3.63, 3.8) is 0 Å². The SMILES string of the molecule is Cc1ccsc1CN1CCC(Oc2cccc(F)n2)C1. The van der Waals surface area contributed by atoms with Crippen molar-refractivity contribution in [3.8, 4) is 5.88 Å². The van der Waals surface area contributed by atoms with E-state index in [1.54, 1.807) is 23.5 Å². The highest BCUT2D eigenvalue weighted by Gasteiger charge is 2.25. The van der Waals surface area contributed by atoms with Crippen LogP contribution in [0.3, 0.4) is 0 Å². The lowest BCUT2D eigenvalue weighted by molar-refractivity contribution is 0.189. The van der Waals surface area contributed by atoms with E-state index in [2.05, 4.69) is 28.3 Å². The van der Waals surface area contributed by atoms with Crippen LogP contribution in [-0.4, -0.2) is 29.1 Å². The minimum atomic E-state index is -0.494. The first-order valence-corrected chi connectivity index (χ1v) is 7.63. The maximum Gasteiger partial charge on any atom is 0.216 e. The molecule has 3 nitrogen and oxygen atoms in total. The Bertz CT molecular complexity index is 587. The Balaban J connectivity index is 1.56. The molecule has 0 amide bonds. The number of hydrogen-bond acceptors (Lipinski definition) is 4. The van der Waals surface area contributed by atoms with Gasteiger partial charge in [-0.3, -0.25) is 4.90 Å². The Morgan fingerprint density at radius 2 is 2.35 bits per heavy atom. The molecule has 0 aromatic carbocycles. The fraction of sp³-hybridized carbons (Fsp3) is 0.400. The average molecular weight is 292 g/mol. The van der Waals surface area contributed by atoms with Crippen molar-refractivity contribution >= 4 is 11.3 Å². The second-order valence-electron chi connectivity index (χ2n) is 5.09. The van der Waals surface area contributed by atoms with Crippen LogP contribution in [-0.2, 0) is 6.54 Å². The van der Waals surface area contributed by atoms with Crippen LogP contribution in [0.5, 0.6) is 5.88 Å². The lowest BCUT2D eigenvalue weighted by atomic mass is 10.3. The van der Waals surface area contributed by atoms with E-state index < -0.39 is 5.95 Å². The van der Waals surface area contributed by atoms with E-state index in [4.69, 9.17) is 4.74 Å². The molecule has 0 aliphatic carbocycles. The van der Waals surface area contributed by atoms with E-state index >= 15 is 0 Å². The highest BCUT2D eigenvalue weighted by molar-refractivity contribution is 7.10. The summed E-state index contributed by atoms with van der Waals surface area (Å²) in [5.41, 5.74) is 1.35. The standard InChI is InChI=1S/C15H17FN2OS/c1-11-6-8-20-13(11)10-18-7-5-12(9-18)19-15-4-2-3-14(16)17-15/h2-4,6,8,12H,5,7,9-10H2,1H3. The summed E-state index contributed by atoms with van der Waals surface area (Å²) < 4.78 is 18.8. The molecule has 106 valence electrons. The smallest absolute Gasteiger partial charge is 0.216 e. The fourth-order valence-corrected chi connectivity index (χ4v) is 3.38. The van der Waals surface area contributed by atoms with E-state index in [9.17, 15) is 4.39 Å². The van der Waals surface area contributed by atoms with Gasteiger partial charge >= 0.3 is 0 Å². The summed E-state index contributed by atoms with van der Waals surface area (Å²) in [6, 6.07) is 6.81. The summed E-state index contributed by atoms with van der Waals surface area (Å²) in [6.07, 6.45) is 1.06. The topological polar surface area (TPSA) is 25.4 Å². The molecule has 1 unspecified atom stereocenters. The number of ether oxygens (including phenoxy) is 1. The molecule has 1 saturated heterocycles. The molecule has 0 radical (unpaired) electrons. The first kappa shape index (κ1) is 13.5. The first-order chi connectivity index (χ1) is 9.70. The lowest BCUT2D eigenvalue weighted by Gasteiger charge is -2.16. The number of aryl methyl sites for hydroxylation is 1. The van der Waals surface area contributed by atoms with Crippen LogP contribution in [0.1, 0.15) is 16.9 Å². The third-order valence-corrected chi connectivity index (χ3v) is 4.55. The van der Waals surface area contributed by atoms with Gasteiger partial charge in [0.2, 0.25) is 11.8 Å². The second-order valence-corrected chi connectivity index (χ2v) is 6.09. The van der Waals surface area contributed by atoms with Gasteiger partial charge < -0.3 is 4.74 Å². The highest BCUT2D eigenvalue weighted by atomic mass is 32.1. The number of pyridine rings is 1. The number of halogens is 1. The molecule has 5 heteroatoms. The molecule has 0 bridgehead atoms. The van der Waals surface area contributed by atoms with E-state index in [-0.39, 0.29) is 6.10 Å². The van der Waals surface area contributed by atoms with Gasteiger partial charge in [0.15, 0.2) is 0 Å². The molecule has 1 atom stereocenters. The average Bonchev–Trinajstić information content (AvgIpc) is 3.01. The van der Waals surface area contributed by atoms with Gasteiger partial charge in [0.1, 0.15) is 6.10 Å². The Hall–Kier alpha value is -1.46. The van der Waals surface area contributed by atoms with Crippen molar-refractivity contribution in [2.75, 3.05) is 13.1 Å². The fourth-order valence-electron chi connectivity index (χ4n) is 2.43. The molecule has 3 heterocycles. The minimum Gasteiger partial charge on any atom is -0.473 e. The maximum atomic E-state index is 13.0. The summed E-state index contributed by atoms with van der Waals surface area (Å²) >= 11 is 1.80. The van der Waals surface area contributed by atoms with Crippen LogP contribution in [0.2, 0.25) is 0 Å². The normalized spacial score (nSPS) is 19.4. The van der Waals surface area contributed by atoms with Crippen LogP contribution in [0.25, 0.3) is 0 Å². The lowest BCUT2D eigenvalue weighted by Crippen LogP contribution is -2.24. The zero-order valence-corrected chi connectivity index (χ0v) is 12.2. The quantitative estimate of drug-likeness (QED) is 0.809. The van der Waals surface area contributed by atoms with E-state index in [1.807, 2.05) is 0 Å². The summed E-state index contributed by atoms with van der Waals surface area (Å²) in [5.74, 6) is -0.115. The summed E-state index contributed by atoms with van der Waals surface area (Å²) in [5, 5.41) is 2.13. The number of rotatable bonds is 4. The molecule has 3 rings (SSSR count). The van der Waals surface area contributed by atoms with E-state index in [1.165, 1.54) is 16.5 Å². The zero-order valence-electron chi connectivity index (χ0n) is 11.4. The number of aromatic nitrogens is 1. The predicted molar refractivity (Wildman–Crippen MR) is 77.6 cm³/mol. The second kappa shape index (κ2) is 5.89. The van der Waals surface area contributed by atoms with Crippen LogP contribution in [0, 0.1) is 12.9 Å². The number of likely N-dealkylation sites (tertiary alicyclic amines) is 1. The van der Waals surface area contributed by atoms with Gasteiger partial charge in [0, 0.05) is 30.6 Å². The third kappa shape index (κ3) is 3.16. The minimum absolute atomic E-state index is 0.101. The van der Waals surface area contributed by atoms with Gasteiger partial charge in [-0.1, -0.05) is 6.07 Å². The van der Waals surface area contributed by atoms with Crippen molar-refractivity contribution in [2.24, 2.45) is 0 Å². The summed E-state index contributed by atoms with van der Waals surface area (Å²) in [7, 11) is 0. The Kier molecular flexibility index (Phi) is 3.98. The molecular weight excluding hydrogens is 275 g/mol. The third-order valence-electron chi connectivity index (χ3n) is 3.54. The molecule has 2 aromatic rings. The van der Waals surface area contributed by atoms with E-state index in [0.717, 1.165) is 26.1 Å². The molecule has 0 saturated carbocycles. The van der Waals surface area contributed by atoms with Gasteiger partial charge in [0.05, 0.1) is 0 Å². The summed E-state index contributed by atoms with van der Waals surface area (Å²) in [4.78, 5) is 7.54. The van der Waals surface area contributed by atoms with Crippen LogP contribution in [0.4, 0.5) is 4.39 Å². The largest absolute Gasteiger partial charge is 0.473 e. The van der Waals surface area contributed by atoms with Crippen molar-refractivity contribution in [1.82, 2.24) is 9.88 Å². The van der Waals surface area contributed by atoms with Crippen molar-refractivity contribution in [2.45, 2.75) is 26.0 Å². The zero-order chi connectivity index (χ0) is 13.9. The monoisotopic (exact) mass is 292 g/mol. The Morgan fingerprint density at radius 1 is 1.45 bits per heavy atom. The van der Waals surface area contributed by atoms with Gasteiger partial charge in [-0.15, -0.1) is 11.3 Å². The van der Waals surface area contributed by atoms with Gasteiger partial charge in [-0.05, 0) is 36.4 Å². The van der Waals surface area contributed by atoms with E-state index in [0.29, 0.717) is 5.88 Å². The Morgan fingerprint density at radius 3 is 3.10 bits per heavy atom. The summed E-state index contributed by atoms with van der Waals surface area (Å²) in [6.45, 7) is 5.00. The molecule has 0 spiro atoms. The number of thiophene rings is 1. The highest BCUT2D eigenvalue weighted by Crippen LogP contribution is 2.22. The van der Waals surface area contributed by atoms with Crippen molar-refractivity contribution in [1.29, 1.82) is 0 Å². The predicted octanol–water partition coefficient (Wildman–Crippen LogP) is 3.24. The van der Waals surface area contributed by atoms with Crippen molar-refractivity contribution < 1.29 is 9.13 Å². The van der Waals surface area contributed by atoms with Crippen LogP contribution < -0.4 is 4.74 Å². The van der Waals surface area contributed by atoms with Crippen LogP contribution >= 0.6 is 11.3 Å². The molecule has 1 aliphatic rings. The molecule has 2 aromatic heterocycles. The van der Waals surface area contributed by atoms with Crippen LogP contribution in [0.15, 0.2) is 29.6 Å². The molecule has 1 fully saturated rings.